The van der Waals surface area contributed by atoms with Gasteiger partial charge in [0, 0.05) is 37.9 Å². The van der Waals surface area contributed by atoms with E-state index in [0.29, 0.717) is 11.8 Å². The van der Waals surface area contributed by atoms with E-state index in [1.807, 2.05) is 24.4 Å². The van der Waals surface area contributed by atoms with Gasteiger partial charge in [-0.1, -0.05) is 87.7 Å². The first-order chi connectivity index (χ1) is 18.1. The van der Waals surface area contributed by atoms with Crippen molar-refractivity contribution >= 4 is 27.5 Å². The van der Waals surface area contributed by atoms with Gasteiger partial charge in [-0.05, 0) is 59.8 Å². The molecule has 2 heterocycles. The topological polar surface area (TPSA) is 63.3 Å². The number of aliphatic hydroxyl groups is 1. The molecule has 5 rings (SSSR count). The Balaban J connectivity index is 0.000000468. The van der Waals surface area contributed by atoms with Gasteiger partial charge in [0.25, 0.3) is 0 Å². The zero-order valence-electron chi connectivity index (χ0n) is 23.2. The van der Waals surface area contributed by atoms with E-state index in [0.717, 1.165) is 38.9 Å². The van der Waals surface area contributed by atoms with E-state index in [9.17, 15) is 4.79 Å². The number of pyridine rings is 1. The van der Waals surface area contributed by atoms with Crippen LogP contribution in [0.4, 0.5) is 0 Å². The van der Waals surface area contributed by atoms with Crippen LogP contribution in [0, 0.1) is 6.07 Å². The second-order valence-electron chi connectivity index (χ2n) is 10.2. The molecule has 3 aromatic carbocycles. The van der Waals surface area contributed by atoms with E-state index < -0.39 is 0 Å². The van der Waals surface area contributed by atoms with E-state index in [-0.39, 0.29) is 31.6 Å². The number of hydrogen-bond donors (Lipinski definition) is 1. The van der Waals surface area contributed by atoms with Crippen LogP contribution in [0.5, 0.6) is 0 Å². The van der Waals surface area contributed by atoms with Crippen molar-refractivity contribution in [2.75, 3.05) is 0 Å². The summed E-state index contributed by atoms with van der Waals surface area (Å²) in [6.07, 6.45) is 3.06. The van der Waals surface area contributed by atoms with Crippen molar-refractivity contribution < 1.29 is 34.4 Å². The average molecular weight is 697 g/mol. The molecule has 203 valence electrons. The van der Waals surface area contributed by atoms with Gasteiger partial charge in [0.05, 0.1) is 11.3 Å². The van der Waals surface area contributed by atoms with Crippen molar-refractivity contribution in [1.82, 2.24) is 4.98 Å². The smallest absolute Gasteiger partial charge is 0.155 e. The summed E-state index contributed by atoms with van der Waals surface area (Å²) in [4.78, 5) is 14.8. The van der Waals surface area contributed by atoms with Crippen LogP contribution in [-0.2, 0) is 24.9 Å². The van der Waals surface area contributed by atoms with Crippen LogP contribution in [-0.4, -0.2) is 15.9 Å². The number of allylic oxidation sites excluding steroid dienone is 2. The summed E-state index contributed by atoms with van der Waals surface area (Å²) in [7, 11) is 0. The van der Waals surface area contributed by atoms with E-state index in [1.54, 1.807) is 0 Å². The first-order valence-electron chi connectivity index (χ1n) is 13.0. The Morgan fingerprint density at radius 2 is 1.64 bits per heavy atom. The molecule has 0 aliphatic carbocycles. The molecule has 0 amide bonds. The predicted octanol–water partition coefficient (Wildman–Crippen LogP) is 9.40. The van der Waals surface area contributed by atoms with Crippen LogP contribution >= 0.6 is 0 Å². The fraction of sp³-hybridized carbons (Fsp3) is 0.235. The number of carbonyl (C=O) groups is 1. The second kappa shape index (κ2) is 13.0. The summed E-state index contributed by atoms with van der Waals surface area (Å²) in [6, 6.07) is 26.9. The number of nitrogens with zero attached hydrogens (tertiary/aromatic N) is 1. The fourth-order valence-electron chi connectivity index (χ4n) is 4.50. The molecule has 2 aromatic heterocycles. The number of aliphatic hydroxyl groups excluding tert-OH is 1. The summed E-state index contributed by atoms with van der Waals surface area (Å²) in [5.74, 6) is 1.67. The summed E-state index contributed by atoms with van der Waals surface area (Å²) < 4.78 is 6.29. The number of benzene rings is 3. The molecular weight excluding hydrogens is 663 g/mol. The first kappa shape index (κ1) is 30.0. The number of hydrogen-bond acceptors (Lipinski definition) is 4. The third-order valence-corrected chi connectivity index (χ3v) is 6.39. The van der Waals surface area contributed by atoms with Gasteiger partial charge >= 0.3 is 0 Å². The quantitative estimate of drug-likeness (QED) is 0.113. The molecule has 0 saturated carbocycles. The molecule has 1 radical (unpaired) electrons. The monoisotopic (exact) mass is 697 g/mol. The van der Waals surface area contributed by atoms with Crippen LogP contribution in [0.2, 0.25) is 0 Å². The van der Waals surface area contributed by atoms with Gasteiger partial charge in [-0.3, -0.25) is 4.79 Å². The van der Waals surface area contributed by atoms with Crippen molar-refractivity contribution in [2.45, 2.75) is 53.4 Å². The van der Waals surface area contributed by atoms with Gasteiger partial charge < -0.3 is 14.5 Å². The maximum atomic E-state index is 10.0. The van der Waals surface area contributed by atoms with E-state index in [1.165, 1.54) is 36.4 Å². The molecule has 0 atom stereocenters. The summed E-state index contributed by atoms with van der Waals surface area (Å²) >= 11 is 0. The van der Waals surface area contributed by atoms with Crippen molar-refractivity contribution in [1.29, 1.82) is 0 Å². The number of fused-ring (bicyclic) bond motifs is 2. The molecule has 5 heteroatoms. The summed E-state index contributed by atoms with van der Waals surface area (Å²) in [6.45, 7) is 11.7. The standard InChI is InChI=1S/C29H26NO.C5H8O2.Ir/c1-18(2)21-10-11-24-22(14-21)12-13-30-29(24)23-15-25(19(3)4)26-17-27(31-28(26)16-23)20-8-6-5-7-9-20;1-4(6)3-5(2)7;/h5-15,17-19H,1-4H3;3,6H,1-2H3;/q-1;;/b;4-3-;. The second-order valence-corrected chi connectivity index (χ2v) is 10.2. The Labute approximate surface area is 244 Å². The minimum atomic E-state index is -0.125. The molecule has 0 spiro atoms. The Kier molecular flexibility index (Phi) is 10.0. The number of furan rings is 1. The van der Waals surface area contributed by atoms with Gasteiger partial charge in [0.1, 0.15) is 5.76 Å². The molecule has 0 aliphatic rings. The number of ketones is 1. The van der Waals surface area contributed by atoms with Gasteiger partial charge in [-0.25, -0.2) is 0 Å². The first-order valence-corrected chi connectivity index (χ1v) is 13.0. The molecule has 0 saturated heterocycles. The van der Waals surface area contributed by atoms with E-state index in [2.05, 4.69) is 82.3 Å². The zero-order valence-corrected chi connectivity index (χ0v) is 25.6. The van der Waals surface area contributed by atoms with Gasteiger partial charge in [0.2, 0.25) is 0 Å². The minimum absolute atomic E-state index is 0. The predicted molar refractivity (Wildman–Crippen MR) is 156 cm³/mol. The Morgan fingerprint density at radius 1 is 0.923 bits per heavy atom. The maximum absolute atomic E-state index is 10.0. The summed E-state index contributed by atoms with van der Waals surface area (Å²) in [5.41, 5.74) is 6.39. The Morgan fingerprint density at radius 3 is 2.23 bits per heavy atom. The maximum Gasteiger partial charge on any atom is 0.155 e. The van der Waals surface area contributed by atoms with Crippen LogP contribution in [0.1, 0.15) is 64.5 Å². The van der Waals surface area contributed by atoms with E-state index >= 15 is 0 Å². The van der Waals surface area contributed by atoms with Gasteiger partial charge in [-0.15, -0.1) is 17.2 Å². The third-order valence-electron chi connectivity index (χ3n) is 6.39. The van der Waals surface area contributed by atoms with Crippen LogP contribution in [0.25, 0.3) is 44.3 Å². The van der Waals surface area contributed by atoms with Crippen LogP contribution in [0.3, 0.4) is 0 Å². The normalized spacial score (nSPS) is 11.4. The van der Waals surface area contributed by atoms with Crippen LogP contribution in [0.15, 0.2) is 89.2 Å². The van der Waals surface area contributed by atoms with Crippen molar-refractivity contribution in [3.05, 3.63) is 102 Å². The number of aromatic nitrogens is 1. The van der Waals surface area contributed by atoms with Crippen molar-refractivity contribution in [2.24, 2.45) is 0 Å². The van der Waals surface area contributed by atoms with Gasteiger partial charge in [-0.2, -0.15) is 0 Å². The zero-order chi connectivity index (χ0) is 27.4. The molecule has 39 heavy (non-hydrogen) atoms. The van der Waals surface area contributed by atoms with Crippen molar-refractivity contribution in [3.8, 4) is 22.6 Å². The van der Waals surface area contributed by atoms with E-state index in [4.69, 9.17) is 14.5 Å². The Hall–Kier alpha value is -3.53. The number of rotatable bonds is 5. The molecule has 5 aromatic rings. The van der Waals surface area contributed by atoms with Gasteiger partial charge in [0.15, 0.2) is 5.78 Å². The Bertz CT molecular complexity index is 1610. The largest absolute Gasteiger partial charge is 0.512 e. The summed E-state index contributed by atoms with van der Waals surface area (Å²) in [5, 5.41) is 11.8. The molecule has 0 fully saturated rings. The molecule has 0 unspecified atom stereocenters. The molecule has 4 nitrogen and oxygen atoms in total. The van der Waals surface area contributed by atoms with Crippen LogP contribution < -0.4 is 0 Å². The van der Waals surface area contributed by atoms with Crippen molar-refractivity contribution in [3.63, 3.8) is 0 Å². The molecule has 0 bridgehead atoms. The number of carbonyl (C=O) groups excluding carboxylic acids is 1. The fourth-order valence-corrected chi connectivity index (χ4v) is 4.50. The minimum Gasteiger partial charge on any atom is -0.512 e. The molecule has 1 N–H and O–H groups in total. The average Bonchev–Trinajstić information content (AvgIpc) is 3.31. The third kappa shape index (κ3) is 7.11. The molecular formula is C34H34IrNO3-. The SMILES string of the molecule is CC(=O)/C=C(/C)O.CC(C)c1ccc2c(-c3[c-]c4oc(-c5ccccc5)cc4c(C(C)C)c3)nccc2c1.[Ir]. The molecule has 0 aliphatic heterocycles.